The first kappa shape index (κ1) is 24.0. The van der Waals surface area contributed by atoms with E-state index >= 15 is 0 Å². The number of alkyl halides is 2. The molecule has 0 radical (unpaired) electrons. The van der Waals surface area contributed by atoms with E-state index in [1.54, 1.807) is 12.1 Å². The molecule has 0 aliphatic carbocycles. The summed E-state index contributed by atoms with van der Waals surface area (Å²) >= 11 is 0. The zero-order valence-corrected chi connectivity index (χ0v) is 18.5. The summed E-state index contributed by atoms with van der Waals surface area (Å²) < 4.78 is 61.6. The number of carbonyl (C=O) groups excluding carboxylic acids is 1. The van der Waals surface area contributed by atoms with Gasteiger partial charge in [-0.2, -0.15) is 17.2 Å². The number of ether oxygens (including phenoxy) is 1. The van der Waals surface area contributed by atoms with E-state index in [2.05, 4.69) is 4.74 Å². The lowest BCUT2D eigenvalue weighted by Crippen LogP contribution is -2.38. The maximum Gasteiger partial charge on any atom is 0.465 e. The molecule has 0 aliphatic rings. The number of aliphatic hydroxyl groups is 1. The van der Waals surface area contributed by atoms with Crippen molar-refractivity contribution in [3.63, 3.8) is 0 Å². The second-order valence-electron chi connectivity index (χ2n) is 7.80. The van der Waals surface area contributed by atoms with Crippen LogP contribution in [-0.4, -0.2) is 34.9 Å². The van der Waals surface area contributed by atoms with E-state index in [4.69, 9.17) is 4.55 Å². The first-order valence-corrected chi connectivity index (χ1v) is 11.5. The second-order valence-corrected chi connectivity index (χ2v) is 9.27. The van der Waals surface area contributed by atoms with Crippen LogP contribution >= 0.6 is 0 Å². The third kappa shape index (κ3) is 4.60. The number of esters is 1. The molecule has 3 rings (SSSR count). The van der Waals surface area contributed by atoms with Gasteiger partial charge in [0.2, 0.25) is 0 Å². The molecule has 0 saturated heterocycles. The van der Waals surface area contributed by atoms with Crippen molar-refractivity contribution in [2.24, 2.45) is 0 Å². The van der Waals surface area contributed by atoms with Crippen LogP contribution in [0.15, 0.2) is 48.5 Å². The summed E-state index contributed by atoms with van der Waals surface area (Å²) in [4.78, 5) is 11.6. The largest absolute Gasteiger partial charge is 0.465 e. The lowest BCUT2D eigenvalue weighted by molar-refractivity contribution is -0.162. The normalized spacial score (nSPS) is 12.9. The van der Waals surface area contributed by atoms with Gasteiger partial charge in [0.1, 0.15) is 6.61 Å². The molecule has 0 amide bonds. The van der Waals surface area contributed by atoms with Crippen LogP contribution in [0.1, 0.15) is 37.8 Å². The van der Waals surface area contributed by atoms with Crippen molar-refractivity contribution in [2.75, 3.05) is 0 Å². The van der Waals surface area contributed by atoms with Crippen LogP contribution < -0.4 is 0 Å². The van der Waals surface area contributed by atoms with Crippen LogP contribution in [0.5, 0.6) is 0 Å². The van der Waals surface area contributed by atoms with Crippen LogP contribution in [0.2, 0.25) is 0 Å². The third-order valence-electron chi connectivity index (χ3n) is 5.82. The molecule has 2 N–H and O–H groups in total. The first-order valence-electron chi connectivity index (χ1n) is 10.1. The van der Waals surface area contributed by atoms with Crippen molar-refractivity contribution in [1.29, 1.82) is 0 Å². The number of rotatable bonds is 8. The van der Waals surface area contributed by atoms with E-state index in [0.29, 0.717) is 30.2 Å². The summed E-state index contributed by atoms with van der Waals surface area (Å²) in [6.45, 7) is 3.22. The molecule has 3 aromatic carbocycles. The van der Waals surface area contributed by atoms with Crippen LogP contribution in [-0.2, 0) is 32.7 Å². The molecule has 0 saturated carbocycles. The van der Waals surface area contributed by atoms with Crippen molar-refractivity contribution in [3.05, 3.63) is 59.7 Å². The molecule has 0 aromatic heterocycles. The molecule has 6 nitrogen and oxygen atoms in total. The minimum atomic E-state index is -5.94. The number of halogens is 2. The SMILES string of the molecule is CCC(O)(CC)Cc1cccc2cc3cccc(COC(=O)C(F)(F)S(=O)(=O)O)c3cc12. The summed E-state index contributed by atoms with van der Waals surface area (Å²) in [6.07, 6.45) is 1.59. The quantitative estimate of drug-likeness (QED) is 0.286. The van der Waals surface area contributed by atoms with Gasteiger partial charge in [-0.3, -0.25) is 4.55 Å². The fourth-order valence-corrected chi connectivity index (χ4v) is 3.92. The molecule has 172 valence electrons. The Kier molecular flexibility index (Phi) is 6.55. The van der Waals surface area contributed by atoms with Gasteiger partial charge in [-0.15, -0.1) is 0 Å². The Balaban J connectivity index is 2.02. The van der Waals surface area contributed by atoms with Crippen molar-refractivity contribution in [1.82, 2.24) is 0 Å². The average Bonchev–Trinajstić information content (AvgIpc) is 2.75. The smallest absolute Gasteiger partial charge is 0.455 e. The van der Waals surface area contributed by atoms with E-state index in [1.807, 2.05) is 50.2 Å². The lowest BCUT2D eigenvalue weighted by atomic mass is 9.87. The molecule has 0 bridgehead atoms. The van der Waals surface area contributed by atoms with Gasteiger partial charge < -0.3 is 9.84 Å². The molecule has 0 fully saturated rings. The number of benzene rings is 3. The molecule has 0 unspecified atom stereocenters. The number of hydrogen-bond donors (Lipinski definition) is 2. The molecule has 32 heavy (non-hydrogen) atoms. The highest BCUT2D eigenvalue weighted by molar-refractivity contribution is 7.87. The first-order chi connectivity index (χ1) is 14.9. The molecule has 0 aliphatic heterocycles. The topological polar surface area (TPSA) is 101 Å². The van der Waals surface area contributed by atoms with E-state index in [-0.39, 0.29) is 0 Å². The number of hydrogen-bond acceptors (Lipinski definition) is 5. The summed E-state index contributed by atoms with van der Waals surface area (Å²) in [6, 6.07) is 14.5. The highest BCUT2D eigenvalue weighted by Gasteiger charge is 2.54. The molecule has 0 atom stereocenters. The van der Waals surface area contributed by atoms with Gasteiger partial charge in [0.15, 0.2) is 0 Å². The van der Waals surface area contributed by atoms with Gasteiger partial charge in [0, 0.05) is 6.42 Å². The Morgan fingerprint density at radius 3 is 2.03 bits per heavy atom. The molecule has 0 heterocycles. The summed E-state index contributed by atoms with van der Waals surface area (Å²) in [5.41, 5.74) is 0.444. The summed E-state index contributed by atoms with van der Waals surface area (Å²) in [7, 11) is -5.94. The molecular formula is C23H24F2O6S. The van der Waals surface area contributed by atoms with E-state index in [1.165, 1.54) is 0 Å². The van der Waals surface area contributed by atoms with Crippen molar-refractivity contribution < 1.29 is 36.4 Å². The standard InChI is InChI=1S/C23H24F2O6S/c1-3-22(27,4-2)13-17-9-5-7-15-11-16-8-6-10-18(20(16)12-19(15)17)14-31-21(26)23(24,25)32(28,29)30/h5-12,27H,3-4,13-14H2,1-2H3,(H,28,29,30). The Hall–Kier alpha value is -2.62. The Labute approximate surface area is 184 Å². The molecular weight excluding hydrogens is 442 g/mol. The average molecular weight is 467 g/mol. The fraction of sp³-hybridized carbons (Fsp3) is 0.348. The molecule has 3 aromatic rings. The minimum absolute atomic E-state index is 0.389. The minimum Gasteiger partial charge on any atom is -0.455 e. The predicted molar refractivity (Wildman–Crippen MR) is 117 cm³/mol. The predicted octanol–water partition coefficient (Wildman–Crippen LogP) is 4.61. The van der Waals surface area contributed by atoms with Crippen LogP contribution in [0.3, 0.4) is 0 Å². The zero-order valence-electron chi connectivity index (χ0n) is 17.6. The number of carbonyl (C=O) groups is 1. The Morgan fingerprint density at radius 1 is 0.969 bits per heavy atom. The monoisotopic (exact) mass is 466 g/mol. The van der Waals surface area contributed by atoms with Crippen molar-refractivity contribution in [2.45, 2.75) is 50.6 Å². The maximum absolute atomic E-state index is 13.5. The highest BCUT2D eigenvalue weighted by atomic mass is 32.2. The Morgan fingerprint density at radius 2 is 1.50 bits per heavy atom. The van der Waals surface area contributed by atoms with E-state index in [0.717, 1.165) is 21.7 Å². The highest BCUT2D eigenvalue weighted by Crippen LogP contribution is 2.32. The van der Waals surface area contributed by atoms with Crippen molar-refractivity contribution in [3.8, 4) is 0 Å². The second kappa shape index (κ2) is 8.73. The fourth-order valence-electron chi connectivity index (χ4n) is 3.65. The molecule has 0 spiro atoms. The van der Waals surface area contributed by atoms with Crippen LogP contribution in [0.4, 0.5) is 8.78 Å². The van der Waals surface area contributed by atoms with Crippen LogP contribution in [0.25, 0.3) is 21.5 Å². The van der Waals surface area contributed by atoms with Gasteiger partial charge in [0.25, 0.3) is 0 Å². The van der Waals surface area contributed by atoms with Crippen LogP contribution in [0, 0.1) is 0 Å². The third-order valence-corrected chi connectivity index (χ3v) is 6.63. The summed E-state index contributed by atoms with van der Waals surface area (Å²) in [5.74, 6) is -2.35. The van der Waals surface area contributed by atoms with Gasteiger partial charge in [-0.25, -0.2) is 4.79 Å². The number of fused-ring (bicyclic) bond motifs is 2. The van der Waals surface area contributed by atoms with Gasteiger partial charge in [0.05, 0.1) is 5.60 Å². The molecule has 9 heteroatoms. The van der Waals surface area contributed by atoms with E-state index in [9.17, 15) is 27.1 Å². The maximum atomic E-state index is 13.5. The lowest BCUT2D eigenvalue weighted by Gasteiger charge is -2.26. The van der Waals surface area contributed by atoms with E-state index < -0.39 is 33.5 Å². The van der Waals surface area contributed by atoms with Crippen molar-refractivity contribution >= 4 is 37.6 Å². The van der Waals surface area contributed by atoms with Gasteiger partial charge >= 0.3 is 21.3 Å². The van der Waals surface area contributed by atoms with Gasteiger partial charge in [-0.05, 0) is 57.6 Å². The van der Waals surface area contributed by atoms with Gasteiger partial charge in [-0.1, -0.05) is 50.2 Å². The zero-order chi connectivity index (χ0) is 23.7. The Bertz CT molecular complexity index is 1270. The summed E-state index contributed by atoms with van der Waals surface area (Å²) in [5, 5.41) is 8.94.